The van der Waals surface area contributed by atoms with Gasteiger partial charge < -0.3 is 9.80 Å². The number of anilines is 1. The molecule has 1 heterocycles. The monoisotopic (exact) mass is 280 g/mol. The van der Waals surface area contributed by atoms with Gasteiger partial charge in [0.2, 0.25) is 5.91 Å². The molecule has 2 rings (SSSR count). The number of hydrogen-bond donors (Lipinski definition) is 0. The first kappa shape index (κ1) is 13.9. The molecular weight excluding hydrogens is 264 g/mol. The van der Waals surface area contributed by atoms with E-state index in [2.05, 4.69) is 4.90 Å². The van der Waals surface area contributed by atoms with E-state index in [4.69, 9.17) is 11.6 Å². The van der Waals surface area contributed by atoms with Gasteiger partial charge in [-0.3, -0.25) is 9.59 Å². The number of carbonyl (C=O) groups excluding carboxylic acids is 2. The highest BCUT2D eigenvalue weighted by Gasteiger charge is 2.21. The molecule has 102 valence electrons. The zero-order valence-corrected chi connectivity index (χ0v) is 11.7. The first-order valence-electron chi connectivity index (χ1n) is 6.34. The third-order valence-electron chi connectivity index (χ3n) is 3.22. The lowest BCUT2D eigenvalue weighted by Crippen LogP contribution is -2.49. The number of carbonyl (C=O) groups is 2. The Morgan fingerprint density at radius 3 is 2.21 bits per heavy atom. The number of Topliss-reactive ketones (excluding diaryl/α,β-unsaturated/α-hetero) is 1. The minimum atomic E-state index is -0.0786. The average Bonchev–Trinajstić information content (AvgIpc) is 2.39. The third kappa shape index (κ3) is 3.70. The summed E-state index contributed by atoms with van der Waals surface area (Å²) >= 11 is 5.86. The second-order valence-corrected chi connectivity index (χ2v) is 5.16. The molecule has 4 nitrogen and oxygen atoms in total. The van der Waals surface area contributed by atoms with Gasteiger partial charge in [0.15, 0.2) is 0 Å². The van der Waals surface area contributed by atoms with Crippen molar-refractivity contribution >= 4 is 29.0 Å². The Labute approximate surface area is 117 Å². The fourth-order valence-electron chi connectivity index (χ4n) is 2.19. The highest BCUT2D eigenvalue weighted by atomic mass is 35.5. The van der Waals surface area contributed by atoms with Crippen molar-refractivity contribution in [2.45, 2.75) is 13.3 Å². The Hall–Kier alpha value is -1.55. The van der Waals surface area contributed by atoms with E-state index in [-0.39, 0.29) is 18.1 Å². The summed E-state index contributed by atoms with van der Waals surface area (Å²) < 4.78 is 0. The summed E-state index contributed by atoms with van der Waals surface area (Å²) in [5, 5.41) is 0.721. The maximum Gasteiger partial charge on any atom is 0.230 e. The summed E-state index contributed by atoms with van der Waals surface area (Å²) in [7, 11) is 0. The van der Waals surface area contributed by atoms with E-state index >= 15 is 0 Å². The van der Waals surface area contributed by atoms with E-state index in [1.54, 1.807) is 4.90 Å². The van der Waals surface area contributed by atoms with Crippen LogP contribution < -0.4 is 4.90 Å². The smallest absolute Gasteiger partial charge is 0.230 e. The van der Waals surface area contributed by atoms with Crippen molar-refractivity contribution in [1.82, 2.24) is 4.90 Å². The molecule has 19 heavy (non-hydrogen) atoms. The molecule has 0 spiro atoms. The van der Waals surface area contributed by atoms with Crippen LogP contribution in [0.5, 0.6) is 0 Å². The molecule has 0 aliphatic carbocycles. The summed E-state index contributed by atoms with van der Waals surface area (Å²) in [4.78, 5) is 26.7. The topological polar surface area (TPSA) is 40.6 Å². The average molecular weight is 281 g/mol. The summed E-state index contributed by atoms with van der Waals surface area (Å²) in [6.45, 7) is 4.34. The summed E-state index contributed by atoms with van der Waals surface area (Å²) in [5.74, 6) is -0.145. The van der Waals surface area contributed by atoms with Crippen LogP contribution in [0.3, 0.4) is 0 Å². The SMILES string of the molecule is CC(=O)CC(=O)N1CCN(c2ccc(Cl)cc2)CC1. The zero-order chi connectivity index (χ0) is 13.8. The summed E-state index contributed by atoms with van der Waals surface area (Å²) in [6.07, 6.45) is 0.0148. The van der Waals surface area contributed by atoms with E-state index in [0.717, 1.165) is 23.8 Å². The summed E-state index contributed by atoms with van der Waals surface area (Å²) in [5.41, 5.74) is 1.11. The number of ketones is 1. The van der Waals surface area contributed by atoms with E-state index in [1.165, 1.54) is 6.92 Å². The normalized spacial score (nSPS) is 15.5. The van der Waals surface area contributed by atoms with E-state index < -0.39 is 0 Å². The summed E-state index contributed by atoms with van der Waals surface area (Å²) in [6, 6.07) is 7.69. The fourth-order valence-corrected chi connectivity index (χ4v) is 2.32. The van der Waals surface area contributed by atoms with Gasteiger partial charge in [0.05, 0.1) is 6.42 Å². The van der Waals surface area contributed by atoms with Gasteiger partial charge in [-0.2, -0.15) is 0 Å². The number of hydrogen-bond acceptors (Lipinski definition) is 3. The van der Waals surface area contributed by atoms with E-state index in [0.29, 0.717) is 13.1 Å². The largest absolute Gasteiger partial charge is 0.368 e. The van der Waals surface area contributed by atoms with Crippen molar-refractivity contribution in [3.05, 3.63) is 29.3 Å². The van der Waals surface area contributed by atoms with Gasteiger partial charge in [0.25, 0.3) is 0 Å². The molecule has 1 amide bonds. The Morgan fingerprint density at radius 2 is 1.68 bits per heavy atom. The molecule has 1 aromatic carbocycles. The van der Waals surface area contributed by atoms with Crippen molar-refractivity contribution in [2.75, 3.05) is 31.1 Å². The zero-order valence-electron chi connectivity index (χ0n) is 10.9. The lowest BCUT2D eigenvalue weighted by molar-refractivity contribution is -0.135. The molecule has 1 saturated heterocycles. The molecule has 5 heteroatoms. The van der Waals surface area contributed by atoms with Crippen LogP contribution in [0, 0.1) is 0 Å². The van der Waals surface area contributed by atoms with E-state index in [9.17, 15) is 9.59 Å². The van der Waals surface area contributed by atoms with Crippen LogP contribution in [0.15, 0.2) is 24.3 Å². The minimum absolute atomic E-state index is 0.0148. The second kappa shape index (κ2) is 6.06. The number of rotatable bonds is 3. The van der Waals surface area contributed by atoms with Crippen molar-refractivity contribution < 1.29 is 9.59 Å². The molecule has 0 bridgehead atoms. The second-order valence-electron chi connectivity index (χ2n) is 4.72. The van der Waals surface area contributed by atoms with Crippen LogP contribution >= 0.6 is 11.6 Å². The predicted octanol–water partition coefficient (Wildman–Crippen LogP) is 1.97. The van der Waals surface area contributed by atoms with E-state index in [1.807, 2.05) is 24.3 Å². The van der Waals surface area contributed by atoms with Crippen molar-refractivity contribution in [3.63, 3.8) is 0 Å². The number of amides is 1. The molecular formula is C14H17ClN2O2. The van der Waals surface area contributed by atoms with Crippen LogP contribution in [-0.4, -0.2) is 42.8 Å². The van der Waals surface area contributed by atoms with Gasteiger partial charge in [0.1, 0.15) is 5.78 Å². The molecule has 1 aromatic rings. The molecule has 0 unspecified atom stereocenters. The van der Waals surface area contributed by atoms with Crippen molar-refractivity contribution in [3.8, 4) is 0 Å². The first-order valence-corrected chi connectivity index (χ1v) is 6.72. The molecule has 0 radical (unpaired) electrons. The molecule has 0 N–H and O–H groups in total. The van der Waals surface area contributed by atoms with Gasteiger partial charge in [-0.05, 0) is 31.2 Å². The number of halogens is 1. The van der Waals surface area contributed by atoms with Crippen LogP contribution in [-0.2, 0) is 9.59 Å². The fraction of sp³-hybridized carbons (Fsp3) is 0.429. The lowest BCUT2D eigenvalue weighted by Gasteiger charge is -2.36. The Bertz CT molecular complexity index is 465. The van der Waals surface area contributed by atoms with Gasteiger partial charge >= 0.3 is 0 Å². The molecule has 0 aromatic heterocycles. The van der Waals surface area contributed by atoms with Gasteiger partial charge in [-0.1, -0.05) is 11.6 Å². The number of benzene rings is 1. The Kier molecular flexibility index (Phi) is 4.43. The van der Waals surface area contributed by atoms with Gasteiger partial charge in [0, 0.05) is 36.9 Å². The lowest BCUT2D eigenvalue weighted by atomic mass is 10.2. The molecule has 1 aliphatic rings. The first-order chi connectivity index (χ1) is 9.06. The molecule has 1 aliphatic heterocycles. The van der Waals surface area contributed by atoms with Crippen molar-refractivity contribution in [1.29, 1.82) is 0 Å². The van der Waals surface area contributed by atoms with Crippen molar-refractivity contribution in [2.24, 2.45) is 0 Å². The maximum atomic E-state index is 11.8. The molecule has 1 fully saturated rings. The predicted molar refractivity (Wildman–Crippen MR) is 75.5 cm³/mol. The highest BCUT2D eigenvalue weighted by Crippen LogP contribution is 2.19. The maximum absolute atomic E-state index is 11.8. The minimum Gasteiger partial charge on any atom is -0.368 e. The van der Waals surface area contributed by atoms with Crippen LogP contribution in [0.2, 0.25) is 5.02 Å². The van der Waals surface area contributed by atoms with Crippen LogP contribution in [0.1, 0.15) is 13.3 Å². The number of piperazine rings is 1. The molecule has 0 saturated carbocycles. The van der Waals surface area contributed by atoms with Gasteiger partial charge in [-0.25, -0.2) is 0 Å². The Balaban J connectivity index is 1.90. The standard InChI is InChI=1S/C14H17ClN2O2/c1-11(18)10-14(19)17-8-6-16(7-9-17)13-4-2-12(15)3-5-13/h2-5H,6-10H2,1H3. The van der Waals surface area contributed by atoms with Crippen LogP contribution in [0.4, 0.5) is 5.69 Å². The Morgan fingerprint density at radius 1 is 1.11 bits per heavy atom. The number of nitrogens with zero attached hydrogens (tertiary/aromatic N) is 2. The third-order valence-corrected chi connectivity index (χ3v) is 3.48. The van der Waals surface area contributed by atoms with Crippen LogP contribution in [0.25, 0.3) is 0 Å². The quantitative estimate of drug-likeness (QED) is 0.795. The van der Waals surface area contributed by atoms with Gasteiger partial charge in [-0.15, -0.1) is 0 Å². The highest BCUT2D eigenvalue weighted by molar-refractivity contribution is 6.30. The molecule has 0 atom stereocenters.